The van der Waals surface area contributed by atoms with Crippen molar-refractivity contribution in [2.45, 2.75) is 137 Å². The monoisotopic (exact) mass is 946 g/mol. The molecule has 5 aromatic rings. The molecule has 0 radical (unpaired) electrons. The van der Waals surface area contributed by atoms with Gasteiger partial charge in [0.15, 0.2) is 5.67 Å². The van der Waals surface area contributed by atoms with E-state index in [0.717, 1.165) is 50.0 Å². The van der Waals surface area contributed by atoms with Gasteiger partial charge in [-0.25, -0.2) is 9.37 Å². The van der Waals surface area contributed by atoms with Gasteiger partial charge in [-0.1, -0.05) is 95.3 Å². The molecule has 1 saturated carbocycles. The van der Waals surface area contributed by atoms with Crippen LogP contribution in [0.1, 0.15) is 132 Å². The lowest BCUT2D eigenvalue weighted by molar-refractivity contribution is -0.144. The summed E-state index contributed by atoms with van der Waals surface area (Å²) in [4.78, 5) is 73.8. The molecule has 2 fully saturated rings. The number of benzene rings is 4. The molecule has 5 amide bonds. The van der Waals surface area contributed by atoms with Gasteiger partial charge in [-0.15, -0.1) is 11.3 Å². The molecular weight excluding hydrogens is 880 g/mol. The molecule has 1 saturated heterocycles. The van der Waals surface area contributed by atoms with Crippen LogP contribution in [0.4, 0.5) is 10.1 Å². The number of hydrogen-bond donors (Lipinski definition) is 4. The Labute approximate surface area is 404 Å². The zero-order valence-electron chi connectivity index (χ0n) is 40.7. The Morgan fingerprint density at radius 2 is 1.68 bits per heavy atom. The van der Waals surface area contributed by atoms with Crippen molar-refractivity contribution in [1.82, 2.24) is 25.8 Å². The van der Waals surface area contributed by atoms with Crippen LogP contribution >= 0.6 is 11.3 Å². The number of aromatic nitrogens is 1. The van der Waals surface area contributed by atoms with E-state index in [1.165, 1.54) is 16.2 Å². The summed E-state index contributed by atoms with van der Waals surface area (Å²) in [5.74, 6) is -1.23. The number of fused-ring (bicyclic) bond motifs is 1. The Hall–Kier alpha value is -6.15. The molecule has 362 valence electrons. The molecule has 14 heteroatoms. The number of amides is 5. The van der Waals surface area contributed by atoms with Gasteiger partial charge in [-0.3, -0.25) is 24.0 Å². The van der Waals surface area contributed by atoms with Crippen LogP contribution in [0.5, 0.6) is 5.75 Å². The third kappa shape index (κ3) is 12.7. The number of anilines is 1. The first-order valence-electron chi connectivity index (χ1n) is 24.0. The molecule has 68 heavy (non-hydrogen) atoms. The molecule has 1 aliphatic carbocycles. The molecule has 12 nitrogen and oxygen atoms in total. The fraction of sp³-hybridized carbons (Fsp3) is 0.444. The summed E-state index contributed by atoms with van der Waals surface area (Å²) in [6.07, 6.45) is 3.71. The van der Waals surface area contributed by atoms with Crippen molar-refractivity contribution in [3.05, 3.63) is 112 Å². The summed E-state index contributed by atoms with van der Waals surface area (Å²) in [5.41, 5.74) is 4.66. The van der Waals surface area contributed by atoms with E-state index < -0.39 is 35.0 Å². The molecule has 7 rings (SSSR count). The number of carbonyl (C=O) groups excluding carboxylic acids is 5. The number of halogens is 1. The van der Waals surface area contributed by atoms with Gasteiger partial charge in [0.05, 0.1) is 28.7 Å². The van der Waals surface area contributed by atoms with Crippen molar-refractivity contribution in [3.63, 3.8) is 0 Å². The van der Waals surface area contributed by atoms with Gasteiger partial charge in [0.1, 0.15) is 17.8 Å². The van der Waals surface area contributed by atoms with Gasteiger partial charge >= 0.3 is 0 Å². The third-order valence-electron chi connectivity index (χ3n) is 12.6. The van der Waals surface area contributed by atoms with E-state index in [9.17, 15) is 28.4 Å². The number of nitrogens with one attached hydrogen (secondary N) is 4. The van der Waals surface area contributed by atoms with E-state index in [2.05, 4.69) is 44.5 Å². The van der Waals surface area contributed by atoms with Crippen LogP contribution in [0.3, 0.4) is 0 Å². The fourth-order valence-electron chi connectivity index (χ4n) is 8.46. The number of thiazole rings is 1. The number of hydrogen-bond acceptors (Lipinski definition) is 8. The summed E-state index contributed by atoms with van der Waals surface area (Å²) < 4.78 is 21.0. The minimum atomic E-state index is -1.92. The molecule has 1 aromatic heterocycles. The SMILES string of the molecule is CC.Cc1ccc(NC(=O)CCCCCOc2cc(-c3scnc3C)ccc2CNC(=O)C2CCCN2C(=O)C(NC(=O)C2(F)CC2)C(C)(C)C)cc1C(=O)NC(C)c1cccc2ccccc12. The van der Waals surface area contributed by atoms with E-state index in [-0.39, 0.29) is 43.1 Å². The second-order valence-corrected chi connectivity index (χ2v) is 19.6. The van der Waals surface area contributed by atoms with Crippen molar-refractivity contribution in [2.75, 3.05) is 18.5 Å². The third-order valence-corrected chi connectivity index (χ3v) is 13.5. The van der Waals surface area contributed by atoms with Crippen molar-refractivity contribution in [3.8, 4) is 16.2 Å². The lowest BCUT2D eigenvalue weighted by Crippen LogP contribution is -2.58. The molecule has 4 aromatic carbocycles. The number of aryl methyl sites for hydroxylation is 2. The van der Waals surface area contributed by atoms with Gasteiger partial charge in [0.2, 0.25) is 17.7 Å². The van der Waals surface area contributed by atoms with E-state index in [4.69, 9.17) is 4.74 Å². The highest BCUT2D eigenvalue weighted by Crippen LogP contribution is 2.40. The Morgan fingerprint density at radius 1 is 0.926 bits per heavy atom. The lowest BCUT2D eigenvalue weighted by atomic mass is 9.85. The molecule has 0 bridgehead atoms. The normalized spacial score (nSPS) is 15.9. The zero-order chi connectivity index (χ0) is 49.2. The average Bonchev–Trinajstić information content (AvgIpc) is 3.65. The Morgan fingerprint density at radius 3 is 2.40 bits per heavy atom. The van der Waals surface area contributed by atoms with Gasteiger partial charge in [-0.05, 0) is 117 Å². The largest absolute Gasteiger partial charge is 0.493 e. The van der Waals surface area contributed by atoms with Crippen molar-refractivity contribution in [2.24, 2.45) is 5.41 Å². The Kier molecular flexibility index (Phi) is 17.2. The van der Waals surface area contributed by atoms with Crippen molar-refractivity contribution >= 4 is 57.3 Å². The zero-order valence-corrected chi connectivity index (χ0v) is 41.5. The molecule has 4 N–H and O–H groups in total. The van der Waals surface area contributed by atoms with E-state index in [1.807, 2.05) is 104 Å². The van der Waals surface area contributed by atoms with Crippen molar-refractivity contribution in [1.29, 1.82) is 0 Å². The van der Waals surface area contributed by atoms with Crippen LogP contribution in [0.15, 0.2) is 84.4 Å². The average molecular weight is 947 g/mol. The van der Waals surface area contributed by atoms with Crippen LogP contribution in [0, 0.1) is 19.3 Å². The topological polar surface area (TPSA) is 159 Å². The van der Waals surface area contributed by atoms with Crippen LogP contribution in [-0.2, 0) is 25.7 Å². The quantitative estimate of drug-likeness (QED) is 0.0637. The molecular formula is C54H67FN6O6S. The molecule has 2 aliphatic rings. The Balaban J connectivity index is 0.00000376. The lowest BCUT2D eigenvalue weighted by Gasteiger charge is -2.35. The summed E-state index contributed by atoms with van der Waals surface area (Å²) in [6.45, 7) is 16.1. The maximum absolute atomic E-state index is 14.6. The van der Waals surface area contributed by atoms with Gasteiger partial charge < -0.3 is 30.9 Å². The summed E-state index contributed by atoms with van der Waals surface area (Å²) in [7, 11) is 0. The highest BCUT2D eigenvalue weighted by molar-refractivity contribution is 7.13. The fourth-order valence-corrected chi connectivity index (χ4v) is 9.27. The van der Waals surface area contributed by atoms with Crippen LogP contribution in [-0.4, -0.2) is 70.3 Å². The summed E-state index contributed by atoms with van der Waals surface area (Å²) in [6, 6.07) is 23.4. The molecule has 1 aliphatic heterocycles. The molecule has 0 spiro atoms. The number of rotatable bonds is 18. The van der Waals surface area contributed by atoms with Gasteiger partial charge in [-0.2, -0.15) is 0 Å². The number of unbranched alkanes of at least 4 members (excludes halogenated alkanes) is 2. The van der Waals surface area contributed by atoms with Gasteiger partial charge in [0.25, 0.3) is 11.8 Å². The highest BCUT2D eigenvalue weighted by atomic mass is 32.1. The number of carbonyl (C=O) groups is 5. The number of likely N-dealkylation sites (tertiary alicyclic amines) is 1. The highest BCUT2D eigenvalue weighted by Gasteiger charge is 2.53. The number of nitrogens with zero attached hydrogens (tertiary/aromatic N) is 2. The maximum atomic E-state index is 14.6. The van der Waals surface area contributed by atoms with Gasteiger partial charge in [0, 0.05) is 36.3 Å². The minimum absolute atomic E-state index is 0.142. The van der Waals surface area contributed by atoms with Crippen molar-refractivity contribution < 1.29 is 33.1 Å². The summed E-state index contributed by atoms with van der Waals surface area (Å²) in [5, 5.41) is 14.0. The predicted molar refractivity (Wildman–Crippen MR) is 268 cm³/mol. The van der Waals surface area contributed by atoms with E-state index >= 15 is 0 Å². The van der Waals surface area contributed by atoms with E-state index in [0.29, 0.717) is 62.3 Å². The molecule has 3 atom stereocenters. The smallest absolute Gasteiger partial charge is 0.258 e. The predicted octanol–water partition coefficient (Wildman–Crippen LogP) is 10.3. The number of alkyl halides is 1. The first kappa shape index (κ1) is 51.2. The van der Waals surface area contributed by atoms with Crippen LogP contribution < -0.4 is 26.0 Å². The van der Waals surface area contributed by atoms with Crippen LogP contribution in [0.2, 0.25) is 0 Å². The minimum Gasteiger partial charge on any atom is -0.493 e. The standard InChI is InChI=1S/C52H61FN6O6S.C2H6/c1-32-20-23-38(29-41(32)47(61)56-33(2)39-17-12-15-35-14-9-10-16-40(35)39)57-44(60)19-8-7-11-27-65-43-28-36(45-34(3)55-31-66-45)21-22-37(43)30-54-48(62)42-18-13-26-59(42)49(63)46(51(4,5)6)58-50(64)52(53)24-25-52;1-2/h9-10,12,14-17,20-23,28-29,31,33,42,46H,7-8,11,13,18-19,24-27,30H2,1-6H3,(H,54,62)(H,56,61)(H,57,60)(H,58,64);1-2H3. The maximum Gasteiger partial charge on any atom is 0.258 e. The molecule has 2 heterocycles. The Bertz CT molecular complexity index is 2600. The molecule has 3 unspecified atom stereocenters. The second kappa shape index (κ2) is 22.8. The van der Waals surface area contributed by atoms with Crippen LogP contribution in [0.25, 0.3) is 21.2 Å². The van der Waals surface area contributed by atoms with E-state index in [1.54, 1.807) is 17.6 Å². The second-order valence-electron chi connectivity index (χ2n) is 18.7. The first-order valence-corrected chi connectivity index (χ1v) is 24.8. The summed E-state index contributed by atoms with van der Waals surface area (Å²) >= 11 is 1.53. The first-order chi connectivity index (χ1) is 32.5. The number of ether oxygens (including phenoxy) is 1.